The van der Waals surface area contributed by atoms with E-state index in [0.29, 0.717) is 5.92 Å². The molecular formula is C16H20FN3S. The van der Waals surface area contributed by atoms with Crippen LogP contribution in [0.25, 0.3) is 0 Å². The maximum atomic E-state index is 13.0. The van der Waals surface area contributed by atoms with Gasteiger partial charge in [0.25, 0.3) is 0 Å². The lowest BCUT2D eigenvalue weighted by Gasteiger charge is -2.16. The van der Waals surface area contributed by atoms with E-state index in [0.717, 1.165) is 34.3 Å². The molecule has 2 aromatic rings. The number of nitrogens with zero attached hydrogens (tertiary/aromatic N) is 2. The minimum atomic E-state index is -0.226. The van der Waals surface area contributed by atoms with Crippen LogP contribution in [0.3, 0.4) is 0 Å². The van der Waals surface area contributed by atoms with Crippen molar-refractivity contribution < 1.29 is 4.39 Å². The fourth-order valence-corrected chi connectivity index (χ4v) is 3.02. The van der Waals surface area contributed by atoms with Gasteiger partial charge in [0.2, 0.25) is 0 Å². The molecule has 1 heterocycles. The van der Waals surface area contributed by atoms with E-state index in [9.17, 15) is 4.39 Å². The zero-order chi connectivity index (χ0) is 15.2. The first-order valence-electron chi connectivity index (χ1n) is 7.14. The Morgan fingerprint density at radius 1 is 1.19 bits per heavy atom. The Morgan fingerprint density at radius 2 is 1.90 bits per heavy atom. The molecule has 0 saturated carbocycles. The van der Waals surface area contributed by atoms with E-state index in [-0.39, 0.29) is 5.82 Å². The van der Waals surface area contributed by atoms with Crippen molar-refractivity contribution in [2.75, 3.05) is 11.9 Å². The quantitative estimate of drug-likeness (QED) is 0.784. The summed E-state index contributed by atoms with van der Waals surface area (Å²) in [6.07, 6.45) is 2.62. The molecule has 0 spiro atoms. The smallest absolute Gasteiger partial charge is 0.134 e. The summed E-state index contributed by atoms with van der Waals surface area (Å²) < 4.78 is 13.0. The highest BCUT2D eigenvalue weighted by molar-refractivity contribution is 7.99. The van der Waals surface area contributed by atoms with Gasteiger partial charge in [-0.3, -0.25) is 0 Å². The van der Waals surface area contributed by atoms with Crippen LogP contribution in [0.5, 0.6) is 0 Å². The number of nitrogens with one attached hydrogen (secondary N) is 1. The first kappa shape index (κ1) is 15.8. The van der Waals surface area contributed by atoms with Crippen LogP contribution in [0.4, 0.5) is 10.2 Å². The van der Waals surface area contributed by atoms with E-state index < -0.39 is 0 Å². The van der Waals surface area contributed by atoms with E-state index in [1.807, 2.05) is 0 Å². The zero-order valence-corrected chi connectivity index (χ0v) is 13.4. The van der Waals surface area contributed by atoms with Crippen molar-refractivity contribution in [1.82, 2.24) is 9.97 Å². The Morgan fingerprint density at radius 3 is 2.52 bits per heavy atom. The van der Waals surface area contributed by atoms with E-state index in [2.05, 4.69) is 36.1 Å². The van der Waals surface area contributed by atoms with Gasteiger partial charge in [0.1, 0.15) is 23.0 Å². The molecule has 0 aliphatic rings. The molecule has 0 aliphatic heterocycles. The van der Waals surface area contributed by atoms with Crippen LogP contribution in [0.1, 0.15) is 38.7 Å². The van der Waals surface area contributed by atoms with Gasteiger partial charge in [-0.15, -0.1) is 0 Å². The minimum absolute atomic E-state index is 0.226. The summed E-state index contributed by atoms with van der Waals surface area (Å²) in [7, 11) is 0. The Balaban J connectivity index is 2.31. The molecule has 0 fully saturated rings. The van der Waals surface area contributed by atoms with Crippen molar-refractivity contribution in [1.29, 1.82) is 0 Å². The van der Waals surface area contributed by atoms with Gasteiger partial charge in [0.15, 0.2) is 0 Å². The molecule has 0 amide bonds. The predicted octanol–water partition coefficient (Wildman–Crippen LogP) is 4.71. The first-order chi connectivity index (χ1) is 10.1. The standard InChI is InChI=1S/C16H20FN3S/c1-4-9-18-15-14(11(2)3)16(20-10-19-15)21-13-7-5-12(17)6-8-13/h5-8,10-11H,4,9H2,1-3H3,(H,18,19,20). The van der Waals surface area contributed by atoms with Crippen molar-refractivity contribution in [3.63, 3.8) is 0 Å². The monoisotopic (exact) mass is 305 g/mol. The van der Waals surface area contributed by atoms with Crippen molar-refractivity contribution in [2.45, 2.75) is 43.0 Å². The van der Waals surface area contributed by atoms with Crippen LogP contribution >= 0.6 is 11.8 Å². The largest absolute Gasteiger partial charge is 0.370 e. The van der Waals surface area contributed by atoms with Gasteiger partial charge in [-0.2, -0.15) is 0 Å². The maximum Gasteiger partial charge on any atom is 0.134 e. The molecular weight excluding hydrogens is 285 g/mol. The number of anilines is 1. The fourth-order valence-electron chi connectivity index (χ4n) is 1.98. The molecule has 21 heavy (non-hydrogen) atoms. The normalized spacial score (nSPS) is 10.9. The summed E-state index contributed by atoms with van der Waals surface area (Å²) >= 11 is 1.54. The van der Waals surface area contributed by atoms with Gasteiger partial charge in [0.05, 0.1) is 0 Å². The van der Waals surface area contributed by atoms with E-state index in [4.69, 9.17) is 0 Å². The van der Waals surface area contributed by atoms with Crippen LogP contribution in [0, 0.1) is 5.82 Å². The number of benzene rings is 1. The average Bonchev–Trinajstić information content (AvgIpc) is 2.47. The van der Waals surface area contributed by atoms with Crippen molar-refractivity contribution in [2.24, 2.45) is 0 Å². The van der Waals surface area contributed by atoms with Crippen LogP contribution < -0.4 is 5.32 Å². The van der Waals surface area contributed by atoms with Gasteiger partial charge in [-0.05, 0) is 36.6 Å². The Labute approximate surface area is 129 Å². The molecule has 0 radical (unpaired) electrons. The van der Waals surface area contributed by atoms with Gasteiger partial charge >= 0.3 is 0 Å². The minimum Gasteiger partial charge on any atom is -0.370 e. The molecule has 3 nitrogen and oxygen atoms in total. The third-order valence-electron chi connectivity index (χ3n) is 3.00. The molecule has 112 valence electrons. The number of hydrogen-bond acceptors (Lipinski definition) is 4. The molecule has 0 atom stereocenters. The molecule has 5 heteroatoms. The zero-order valence-electron chi connectivity index (χ0n) is 12.6. The molecule has 1 N–H and O–H groups in total. The Bertz CT molecular complexity index is 585. The van der Waals surface area contributed by atoms with Gasteiger partial charge in [-0.1, -0.05) is 32.5 Å². The molecule has 1 aromatic carbocycles. The molecule has 0 saturated heterocycles. The molecule has 1 aromatic heterocycles. The average molecular weight is 305 g/mol. The Hall–Kier alpha value is -1.62. The van der Waals surface area contributed by atoms with Gasteiger partial charge in [0, 0.05) is 17.0 Å². The summed E-state index contributed by atoms with van der Waals surface area (Å²) in [5.74, 6) is 0.983. The predicted molar refractivity (Wildman–Crippen MR) is 85.4 cm³/mol. The number of hydrogen-bond donors (Lipinski definition) is 1. The van der Waals surface area contributed by atoms with Gasteiger partial charge in [-0.25, -0.2) is 14.4 Å². The van der Waals surface area contributed by atoms with Crippen LogP contribution in [-0.4, -0.2) is 16.5 Å². The fraction of sp³-hybridized carbons (Fsp3) is 0.375. The van der Waals surface area contributed by atoms with Crippen LogP contribution in [0.15, 0.2) is 40.5 Å². The topological polar surface area (TPSA) is 37.8 Å². The highest BCUT2D eigenvalue weighted by atomic mass is 32.2. The lowest BCUT2D eigenvalue weighted by Crippen LogP contribution is -2.08. The number of rotatable bonds is 6. The second-order valence-electron chi connectivity index (χ2n) is 5.08. The van der Waals surface area contributed by atoms with Crippen molar-refractivity contribution >= 4 is 17.6 Å². The van der Waals surface area contributed by atoms with E-state index in [1.165, 1.54) is 12.1 Å². The third kappa shape index (κ3) is 4.17. The SMILES string of the molecule is CCCNc1ncnc(Sc2ccc(F)cc2)c1C(C)C. The van der Waals surface area contributed by atoms with Crippen molar-refractivity contribution in [3.05, 3.63) is 42.0 Å². The van der Waals surface area contributed by atoms with E-state index >= 15 is 0 Å². The van der Waals surface area contributed by atoms with Crippen LogP contribution in [0.2, 0.25) is 0 Å². The Kier molecular flexibility index (Phi) is 5.56. The van der Waals surface area contributed by atoms with E-state index in [1.54, 1.807) is 30.2 Å². The number of halogens is 1. The lowest BCUT2D eigenvalue weighted by molar-refractivity contribution is 0.626. The van der Waals surface area contributed by atoms with Crippen LogP contribution in [-0.2, 0) is 0 Å². The highest BCUT2D eigenvalue weighted by Gasteiger charge is 2.15. The maximum absolute atomic E-state index is 13.0. The second-order valence-corrected chi connectivity index (χ2v) is 6.14. The van der Waals surface area contributed by atoms with Gasteiger partial charge < -0.3 is 5.32 Å². The summed E-state index contributed by atoms with van der Waals surface area (Å²) in [6.45, 7) is 7.27. The third-order valence-corrected chi connectivity index (χ3v) is 4.02. The lowest BCUT2D eigenvalue weighted by atomic mass is 10.1. The van der Waals surface area contributed by atoms with Crippen molar-refractivity contribution in [3.8, 4) is 0 Å². The summed E-state index contributed by atoms with van der Waals surface area (Å²) in [6, 6.07) is 6.47. The molecule has 0 unspecified atom stereocenters. The highest BCUT2D eigenvalue weighted by Crippen LogP contribution is 2.35. The summed E-state index contributed by atoms with van der Waals surface area (Å²) in [5, 5.41) is 4.28. The second kappa shape index (κ2) is 7.41. The number of aromatic nitrogens is 2. The molecule has 0 aliphatic carbocycles. The molecule has 2 rings (SSSR count). The first-order valence-corrected chi connectivity index (χ1v) is 7.95. The molecule has 0 bridgehead atoms. The summed E-state index contributed by atoms with van der Waals surface area (Å²) in [4.78, 5) is 9.73. The summed E-state index contributed by atoms with van der Waals surface area (Å²) in [5.41, 5.74) is 1.11.